The molecule has 0 N–H and O–H groups in total. The minimum atomic E-state index is 0.894. The third kappa shape index (κ3) is 3.53. The van der Waals surface area contributed by atoms with E-state index in [1.165, 1.54) is 49.0 Å². The lowest BCUT2D eigenvalue weighted by molar-refractivity contribution is 0.617. The first-order valence-corrected chi connectivity index (χ1v) is 15.7. The highest BCUT2D eigenvalue weighted by Gasteiger charge is 2.22. The highest BCUT2D eigenvalue weighted by atomic mass is 16.3. The molecular weight excluding hydrogens is 560 g/mol. The summed E-state index contributed by atoms with van der Waals surface area (Å²) in [5, 5.41) is 10.6. The van der Waals surface area contributed by atoms with E-state index in [-0.39, 0.29) is 0 Å². The zero-order valence-electron chi connectivity index (χ0n) is 24.8. The SMILES string of the molecule is c1ccc(-c2cccc3c2oc2cc(-c4c5ccccc5c(-c5coc6ccccc56)c5ccccc45)c4ccccc4c23)cc1. The predicted octanol–water partition coefficient (Wildman–Crippen LogP) is 12.8. The van der Waals surface area contributed by atoms with E-state index in [1.54, 1.807) is 0 Å². The first kappa shape index (κ1) is 25.2. The van der Waals surface area contributed by atoms with E-state index >= 15 is 0 Å². The maximum absolute atomic E-state index is 6.85. The number of furan rings is 2. The Morgan fingerprint density at radius 1 is 0.348 bits per heavy atom. The molecule has 0 atom stereocenters. The molecule has 46 heavy (non-hydrogen) atoms. The summed E-state index contributed by atoms with van der Waals surface area (Å²) >= 11 is 0. The fourth-order valence-corrected chi connectivity index (χ4v) is 7.59. The molecule has 10 rings (SSSR count). The van der Waals surface area contributed by atoms with Crippen LogP contribution in [0.4, 0.5) is 0 Å². The highest BCUT2D eigenvalue weighted by Crippen LogP contribution is 2.49. The standard InChI is InChI=1S/C44H26O2/c1-2-13-27(14-3-1)28-22-12-23-36-43-31-17-5-4-15-29(31)37(25-40(43)46-44(28)36)41-32-18-6-8-20-34(32)42(35-21-9-7-19-33(35)41)38-26-45-39-24-11-10-16-30(38)39/h1-26H. The largest absolute Gasteiger partial charge is 0.464 e. The van der Waals surface area contributed by atoms with Crippen molar-refractivity contribution in [2.24, 2.45) is 0 Å². The van der Waals surface area contributed by atoms with Gasteiger partial charge < -0.3 is 8.83 Å². The molecule has 2 aromatic heterocycles. The van der Waals surface area contributed by atoms with Gasteiger partial charge in [0, 0.05) is 32.8 Å². The number of hydrogen-bond donors (Lipinski definition) is 0. The molecule has 0 aliphatic carbocycles. The first-order valence-electron chi connectivity index (χ1n) is 15.7. The van der Waals surface area contributed by atoms with E-state index in [2.05, 4.69) is 140 Å². The molecule has 0 amide bonds. The average molecular weight is 587 g/mol. The minimum Gasteiger partial charge on any atom is -0.464 e. The van der Waals surface area contributed by atoms with E-state index in [4.69, 9.17) is 8.83 Å². The van der Waals surface area contributed by atoms with Gasteiger partial charge in [0.15, 0.2) is 0 Å². The normalized spacial score (nSPS) is 11.9. The molecule has 2 heterocycles. The third-order valence-corrected chi connectivity index (χ3v) is 9.54. The smallest absolute Gasteiger partial charge is 0.143 e. The van der Waals surface area contributed by atoms with Crippen LogP contribution in [-0.4, -0.2) is 0 Å². The highest BCUT2D eigenvalue weighted by molar-refractivity contribution is 6.29. The molecule has 0 spiro atoms. The molecule has 8 aromatic carbocycles. The number of hydrogen-bond acceptors (Lipinski definition) is 2. The lowest BCUT2D eigenvalue weighted by Gasteiger charge is -2.18. The molecule has 0 bridgehead atoms. The fourth-order valence-electron chi connectivity index (χ4n) is 7.59. The predicted molar refractivity (Wildman–Crippen MR) is 192 cm³/mol. The summed E-state index contributed by atoms with van der Waals surface area (Å²) in [5.74, 6) is 0. The fraction of sp³-hybridized carbons (Fsp3) is 0. The Kier molecular flexibility index (Phi) is 5.31. The van der Waals surface area contributed by atoms with Crippen LogP contribution in [-0.2, 0) is 0 Å². The molecule has 0 aliphatic rings. The number of rotatable bonds is 3. The van der Waals surface area contributed by atoms with E-state index in [0.717, 1.165) is 49.6 Å². The zero-order chi connectivity index (χ0) is 30.2. The van der Waals surface area contributed by atoms with Crippen molar-refractivity contribution in [3.8, 4) is 33.4 Å². The van der Waals surface area contributed by atoms with Gasteiger partial charge >= 0.3 is 0 Å². The van der Waals surface area contributed by atoms with Crippen LogP contribution in [0.2, 0.25) is 0 Å². The van der Waals surface area contributed by atoms with E-state index < -0.39 is 0 Å². The van der Waals surface area contributed by atoms with Crippen molar-refractivity contribution in [2.75, 3.05) is 0 Å². The summed E-state index contributed by atoms with van der Waals surface area (Å²) in [7, 11) is 0. The molecule has 10 aromatic rings. The molecule has 2 heteroatoms. The van der Waals surface area contributed by atoms with Gasteiger partial charge in [0.1, 0.15) is 16.7 Å². The van der Waals surface area contributed by atoms with Crippen LogP contribution in [0.5, 0.6) is 0 Å². The summed E-state index contributed by atoms with van der Waals surface area (Å²) in [6, 6.07) is 53.9. The second kappa shape index (κ2) is 9.69. The Morgan fingerprint density at radius 2 is 0.891 bits per heavy atom. The van der Waals surface area contributed by atoms with Crippen molar-refractivity contribution < 1.29 is 8.83 Å². The van der Waals surface area contributed by atoms with Crippen LogP contribution in [0, 0.1) is 0 Å². The monoisotopic (exact) mass is 586 g/mol. The molecule has 0 unspecified atom stereocenters. The third-order valence-electron chi connectivity index (χ3n) is 9.54. The van der Waals surface area contributed by atoms with Crippen molar-refractivity contribution in [1.29, 1.82) is 0 Å². The summed E-state index contributed by atoms with van der Waals surface area (Å²) < 4.78 is 12.9. The first-order chi connectivity index (χ1) is 22.8. The number of para-hydroxylation sites is 2. The molecule has 2 nitrogen and oxygen atoms in total. The Morgan fingerprint density at radius 3 is 1.59 bits per heavy atom. The Hall–Kier alpha value is -6.12. The van der Waals surface area contributed by atoms with Gasteiger partial charge in [-0.1, -0.05) is 140 Å². The maximum Gasteiger partial charge on any atom is 0.143 e. The van der Waals surface area contributed by atoms with Gasteiger partial charge in [0.2, 0.25) is 0 Å². The Balaban J connectivity index is 1.35. The molecule has 0 fully saturated rings. The van der Waals surface area contributed by atoms with Crippen LogP contribution >= 0.6 is 0 Å². The second-order valence-corrected chi connectivity index (χ2v) is 12.0. The maximum atomic E-state index is 6.85. The summed E-state index contributed by atoms with van der Waals surface area (Å²) in [4.78, 5) is 0. The Labute approximate surface area is 264 Å². The molecule has 0 saturated carbocycles. The van der Waals surface area contributed by atoms with Crippen molar-refractivity contribution >= 4 is 65.2 Å². The van der Waals surface area contributed by atoms with Crippen LogP contribution in [0.3, 0.4) is 0 Å². The minimum absolute atomic E-state index is 0.894. The molecule has 0 saturated heterocycles. The van der Waals surface area contributed by atoms with Crippen molar-refractivity contribution in [2.45, 2.75) is 0 Å². The van der Waals surface area contributed by atoms with Gasteiger partial charge in [-0.15, -0.1) is 0 Å². The quantitative estimate of drug-likeness (QED) is 0.193. The van der Waals surface area contributed by atoms with Gasteiger partial charge in [0.05, 0.1) is 6.26 Å². The van der Waals surface area contributed by atoms with E-state index in [0.29, 0.717) is 0 Å². The summed E-state index contributed by atoms with van der Waals surface area (Å²) in [5.41, 5.74) is 9.65. The molecular formula is C44H26O2. The van der Waals surface area contributed by atoms with Crippen LogP contribution in [0.1, 0.15) is 0 Å². The van der Waals surface area contributed by atoms with Gasteiger partial charge in [-0.2, -0.15) is 0 Å². The van der Waals surface area contributed by atoms with Gasteiger partial charge in [-0.25, -0.2) is 0 Å². The van der Waals surface area contributed by atoms with Gasteiger partial charge in [-0.05, 0) is 61.1 Å². The average Bonchev–Trinajstić information content (AvgIpc) is 3.72. The molecule has 0 radical (unpaired) electrons. The topological polar surface area (TPSA) is 26.3 Å². The van der Waals surface area contributed by atoms with Crippen molar-refractivity contribution in [1.82, 2.24) is 0 Å². The number of benzene rings is 8. The van der Waals surface area contributed by atoms with Crippen molar-refractivity contribution in [3.63, 3.8) is 0 Å². The summed E-state index contributed by atoms with van der Waals surface area (Å²) in [6.07, 6.45) is 1.92. The lowest BCUT2D eigenvalue weighted by Crippen LogP contribution is -1.91. The van der Waals surface area contributed by atoms with Crippen LogP contribution in [0.15, 0.2) is 167 Å². The lowest BCUT2D eigenvalue weighted by atomic mass is 9.84. The van der Waals surface area contributed by atoms with Crippen molar-refractivity contribution in [3.05, 3.63) is 158 Å². The zero-order valence-corrected chi connectivity index (χ0v) is 24.8. The Bertz CT molecular complexity index is 2740. The molecule has 0 aliphatic heterocycles. The van der Waals surface area contributed by atoms with Crippen LogP contribution in [0.25, 0.3) is 98.6 Å². The molecule has 214 valence electrons. The van der Waals surface area contributed by atoms with E-state index in [9.17, 15) is 0 Å². The number of fused-ring (bicyclic) bond motifs is 8. The second-order valence-electron chi connectivity index (χ2n) is 12.0. The van der Waals surface area contributed by atoms with E-state index in [1.807, 2.05) is 18.4 Å². The summed E-state index contributed by atoms with van der Waals surface area (Å²) in [6.45, 7) is 0. The van der Waals surface area contributed by atoms with Crippen LogP contribution < -0.4 is 0 Å². The van der Waals surface area contributed by atoms with Gasteiger partial charge in [0.25, 0.3) is 0 Å². The van der Waals surface area contributed by atoms with Gasteiger partial charge in [-0.3, -0.25) is 0 Å².